The highest BCUT2D eigenvalue weighted by Crippen LogP contribution is 2.29. The summed E-state index contributed by atoms with van der Waals surface area (Å²) < 4.78 is 10.5. The Balaban J connectivity index is 2.09. The second kappa shape index (κ2) is 7.12. The molecule has 0 aliphatic rings. The molecule has 2 aromatic rings. The normalized spacial score (nSPS) is 10.5. The second-order valence-electron chi connectivity index (χ2n) is 4.33. The van der Waals surface area contributed by atoms with Crippen LogP contribution in [0.1, 0.15) is 15.9 Å². The van der Waals surface area contributed by atoms with Gasteiger partial charge in [-0.25, -0.2) is 5.43 Å². The van der Waals surface area contributed by atoms with Crippen LogP contribution in [0.2, 0.25) is 0 Å². The van der Waals surface area contributed by atoms with E-state index < -0.39 is 0 Å². The number of ether oxygens (including phenoxy) is 2. The predicted octanol–water partition coefficient (Wildman–Crippen LogP) is 2.17. The fourth-order valence-corrected chi connectivity index (χ4v) is 1.85. The van der Waals surface area contributed by atoms with Gasteiger partial charge in [0.05, 0.1) is 20.4 Å². The number of para-hydroxylation sites is 1. The third kappa shape index (κ3) is 3.54. The van der Waals surface area contributed by atoms with Crippen LogP contribution in [-0.2, 0) is 0 Å². The summed E-state index contributed by atoms with van der Waals surface area (Å²) in [4.78, 5) is 11.9. The average molecular weight is 300 g/mol. The van der Waals surface area contributed by atoms with Gasteiger partial charge in [0.15, 0.2) is 11.5 Å². The first-order chi connectivity index (χ1) is 10.7. The lowest BCUT2D eigenvalue weighted by Gasteiger charge is -2.09. The Morgan fingerprint density at radius 2 is 1.86 bits per heavy atom. The number of amides is 1. The molecule has 114 valence electrons. The molecule has 0 atom stereocenters. The first-order valence-corrected chi connectivity index (χ1v) is 6.49. The zero-order valence-electron chi connectivity index (χ0n) is 12.2. The third-order valence-corrected chi connectivity index (χ3v) is 2.93. The van der Waals surface area contributed by atoms with Gasteiger partial charge < -0.3 is 14.6 Å². The lowest BCUT2D eigenvalue weighted by molar-refractivity contribution is 0.0955. The van der Waals surface area contributed by atoms with Crippen LogP contribution in [0.5, 0.6) is 17.2 Å². The van der Waals surface area contributed by atoms with Crippen LogP contribution in [0.3, 0.4) is 0 Å². The minimum Gasteiger partial charge on any atom is -0.508 e. The van der Waals surface area contributed by atoms with Crippen LogP contribution in [-0.4, -0.2) is 31.4 Å². The van der Waals surface area contributed by atoms with Gasteiger partial charge in [0, 0.05) is 11.1 Å². The molecule has 0 aliphatic carbocycles. The Morgan fingerprint density at radius 3 is 2.50 bits per heavy atom. The summed E-state index contributed by atoms with van der Waals surface area (Å²) in [5.74, 6) is 0.836. The molecule has 2 rings (SSSR count). The largest absolute Gasteiger partial charge is 0.508 e. The van der Waals surface area contributed by atoms with Crippen LogP contribution in [0.25, 0.3) is 0 Å². The zero-order valence-corrected chi connectivity index (χ0v) is 12.2. The number of hydrogen-bond acceptors (Lipinski definition) is 5. The fourth-order valence-electron chi connectivity index (χ4n) is 1.85. The predicted molar refractivity (Wildman–Crippen MR) is 82.7 cm³/mol. The Morgan fingerprint density at radius 1 is 1.14 bits per heavy atom. The molecular formula is C16H16N2O4. The minimum absolute atomic E-state index is 0.0983. The van der Waals surface area contributed by atoms with Crippen LogP contribution in [0.15, 0.2) is 47.6 Å². The fraction of sp³-hybridized carbons (Fsp3) is 0.125. The van der Waals surface area contributed by atoms with E-state index >= 15 is 0 Å². The van der Waals surface area contributed by atoms with E-state index in [2.05, 4.69) is 10.5 Å². The third-order valence-electron chi connectivity index (χ3n) is 2.93. The number of phenols is 1. The highest BCUT2D eigenvalue weighted by Gasteiger charge is 2.08. The van der Waals surface area contributed by atoms with E-state index in [1.807, 2.05) is 0 Å². The van der Waals surface area contributed by atoms with E-state index in [9.17, 15) is 9.90 Å². The number of aromatic hydroxyl groups is 1. The minimum atomic E-state index is -0.377. The molecule has 2 N–H and O–H groups in total. The van der Waals surface area contributed by atoms with Crippen LogP contribution in [0, 0.1) is 0 Å². The molecular weight excluding hydrogens is 284 g/mol. The molecule has 0 unspecified atom stereocenters. The smallest absolute Gasteiger partial charge is 0.271 e. The monoisotopic (exact) mass is 300 g/mol. The maximum Gasteiger partial charge on any atom is 0.271 e. The number of benzene rings is 2. The number of methoxy groups -OCH3 is 2. The van der Waals surface area contributed by atoms with Gasteiger partial charge in [-0.15, -0.1) is 0 Å². The number of rotatable bonds is 5. The van der Waals surface area contributed by atoms with Gasteiger partial charge in [-0.1, -0.05) is 6.07 Å². The van der Waals surface area contributed by atoms with Crippen molar-refractivity contribution in [1.29, 1.82) is 0 Å². The Labute approximate surface area is 128 Å². The quantitative estimate of drug-likeness (QED) is 0.655. The molecule has 0 heterocycles. The highest BCUT2D eigenvalue weighted by atomic mass is 16.5. The maximum absolute atomic E-state index is 11.9. The SMILES string of the molecule is COc1cccc(/C=N/NC(=O)c2ccc(O)cc2)c1OC. The highest BCUT2D eigenvalue weighted by molar-refractivity contribution is 5.95. The molecule has 0 spiro atoms. The number of phenolic OH excluding ortho intramolecular Hbond substituents is 1. The average Bonchev–Trinajstić information content (AvgIpc) is 2.55. The molecule has 22 heavy (non-hydrogen) atoms. The summed E-state index contributed by atoms with van der Waals surface area (Å²) in [5, 5.41) is 13.1. The zero-order chi connectivity index (χ0) is 15.9. The van der Waals surface area contributed by atoms with E-state index in [0.29, 0.717) is 22.6 Å². The van der Waals surface area contributed by atoms with E-state index in [-0.39, 0.29) is 11.7 Å². The maximum atomic E-state index is 11.9. The van der Waals surface area contributed by atoms with Crippen molar-refractivity contribution < 1.29 is 19.4 Å². The number of hydrazone groups is 1. The van der Waals surface area contributed by atoms with Gasteiger partial charge in [-0.3, -0.25) is 4.79 Å². The van der Waals surface area contributed by atoms with Gasteiger partial charge in [0.1, 0.15) is 5.75 Å². The van der Waals surface area contributed by atoms with E-state index in [4.69, 9.17) is 9.47 Å². The Kier molecular flexibility index (Phi) is 4.98. The van der Waals surface area contributed by atoms with Crippen LogP contribution >= 0.6 is 0 Å². The molecule has 0 fully saturated rings. The van der Waals surface area contributed by atoms with E-state index in [0.717, 1.165) is 0 Å². The summed E-state index contributed by atoms with van der Waals surface area (Å²) in [6, 6.07) is 11.2. The van der Waals surface area contributed by atoms with Crippen molar-refractivity contribution in [2.75, 3.05) is 14.2 Å². The first kappa shape index (κ1) is 15.4. The van der Waals surface area contributed by atoms with Crippen molar-refractivity contribution in [1.82, 2.24) is 5.43 Å². The second-order valence-corrected chi connectivity index (χ2v) is 4.33. The first-order valence-electron chi connectivity index (χ1n) is 6.49. The van der Waals surface area contributed by atoms with Gasteiger partial charge in [-0.2, -0.15) is 5.10 Å². The van der Waals surface area contributed by atoms with Crippen LogP contribution < -0.4 is 14.9 Å². The van der Waals surface area contributed by atoms with Crippen LogP contribution in [0.4, 0.5) is 0 Å². The topological polar surface area (TPSA) is 80.2 Å². The van der Waals surface area contributed by atoms with Gasteiger partial charge in [0.2, 0.25) is 0 Å². The van der Waals surface area contributed by atoms with Crippen molar-refractivity contribution in [2.45, 2.75) is 0 Å². The molecule has 1 amide bonds. The molecule has 0 saturated carbocycles. The lowest BCUT2D eigenvalue weighted by Crippen LogP contribution is -2.17. The van der Waals surface area contributed by atoms with Crippen molar-refractivity contribution in [3.8, 4) is 17.2 Å². The molecule has 6 nitrogen and oxygen atoms in total. The number of nitrogens with one attached hydrogen (secondary N) is 1. The van der Waals surface area contributed by atoms with Gasteiger partial charge >= 0.3 is 0 Å². The van der Waals surface area contributed by atoms with Gasteiger partial charge in [0.25, 0.3) is 5.91 Å². The Bertz CT molecular complexity index is 681. The molecule has 6 heteroatoms. The lowest BCUT2D eigenvalue weighted by atomic mass is 10.2. The molecule has 2 aromatic carbocycles. The molecule has 0 saturated heterocycles. The molecule has 0 radical (unpaired) electrons. The summed E-state index contributed by atoms with van der Waals surface area (Å²) in [6.45, 7) is 0. The summed E-state index contributed by atoms with van der Waals surface area (Å²) in [6.07, 6.45) is 1.47. The van der Waals surface area contributed by atoms with Crippen molar-refractivity contribution in [3.05, 3.63) is 53.6 Å². The number of carbonyl (C=O) groups excluding carboxylic acids is 1. The summed E-state index contributed by atoms with van der Waals surface area (Å²) in [7, 11) is 3.08. The molecule has 0 aliphatic heterocycles. The van der Waals surface area contributed by atoms with Crippen molar-refractivity contribution in [3.63, 3.8) is 0 Å². The summed E-state index contributed by atoms with van der Waals surface area (Å²) >= 11 is 0. The summed E-state index contributed by atoms with van der Waals surface area (Å²) in [5.41, 5.74) is 3.48. The van der Waals surface area contributed by atoms with E-state index in [1.165, 1.54) is 37.6 Å². The number of carbonyl (C=O) groups is 1. The van der Waals surface area contributed by atoms with E-state index in [1.54, 1.807) is 25.3 Å². The molecule has 0 aromatic heterocycles. The van der Waals surface area contributed by atoms with Gasteiger partial charge in [-0.05, 0) is 36.4 Å². The van der Waals surface area contributed by atoms with Crippen molar-refractivity contribution in [2.24, 2.45) is 5.10 Å². The molecule has 0 bridgehead atoms. The Hall–Kier alpha value is -3.02. The number of nitrogens with zero attached hydrogens (tertiary/aromatic N) is 1. The number of hydrogen-bond donors (Lipinski definition) is 2. The standard InChI is InChI=1S/C16H16N2O4/c1-21-14-5-3-4-12(15(14)22-2)10-17-18-16(20)11-6-8-13(19)9-7-11/h3-10,19H,1-2H3,(H,18,20)/b17-10+. The van der Waals surface area contributed by atoms with Crippen molar-refractivity contribution >= 4 is 12.1 Å².